The molecule has 186 valence electrons. The van der Waals surface area contributed by atoms with Crippen LogP contribution in [0, 0.1) is 20.8 Å². The normalized spacial score (nSPS) is 13.8. The van der Waals surface area contributed by atoms with Gasteiger partial charge in [0.15, 0.2) is 0 Å². The monoisotopic (exact) mass is 479 g/mol. The maximum Gasteiger partial charge on any atom is 0.0693 e. The van der Waals surface area contributed by atoms with Crippen molar-refractivity contribution in [2.45, 2.75) is 81.1 Å². The molecule has 0 saturated carbocycles. The first-order valence-corrected chi connectivity index (χ1v) is 13.3. The number of aromatic nitrogens is 4. The predicted molar refractivity (Wildman–Crippen MR) is 155 cm³/mol. The second kappa shape index (κ2) is 9.24. The van der Waals surface area contributed by atoms with Gasteiger partial charge in [0.2, 0.25) is 0 Å². The van der Waals surface area contributed by atoms with Gasteiger partial charge in [-0.1, -0.05) is 26.7 Å². The maximum absolute atomic E-state index is 5.17. The van der Waals surface area contributed by atoms with E-state index in [2.05, 4.69) is 89.6 Å². The third kappa shape index (κ3) is 3.93. The van der Waals surface area contributed by atoms with E-state index < -0.39 is 0 Å². The second-order valence-electron chi connectivity index (χ2n) is 10.5. The van der Waals surface area contributed by atoms with Crippen molar-refractivity contribution in [2.75, 3.05) is 0 Å². The van der Waals surface area contributed by atoms with Crippen molar-refractivity contribution in [3.63, 3.8) is 0 Å². The van der Waals surface area contributed by atoms with Gasteiger partial charge in [-0.15, -0.1) is 0 Å². The van der Waals surface area contributed by atoms with Gasteiger partial charge < -0.3 is 9.97 Å². The fraction of sp³-hybridized carbons (Fsp3) is 0.375. The number of nitrogens with one attached hydrogen (secondary N) is 2. The third-order valence-corrected chi connectivity index (χ3v) is 8.17. The van der Waals surface area contributed by atoms with Crippen molar-refractivity contribution in [3.05, 3.63) is 69.3 Å². The summed E-state index contributed by atoms with van der Waals surface area (Å²) in [7, 11) is 0. The first-order valence-electron chi connectivity index (χ1n) is 13.3. The van der Waals surface area contributed by atoms with Gasteiger partial charge in [-0.3, -0.25) is 0 Å². The van der Waals surface area contributed by atoms with E-state index in [4.69, 9.17) is 9.97 Å². The van der Waals surface area contributed by atoms with Crippen LogP contribution in [0.4, 0.5) is 0 Å². The zero-order valence-electron chi connectivity index (χ0n) is 23.0. The Morgan fingerprint density at radius 2 is 1.03 bits per heavy atom. The Hall–Kier alpha value is -3.40. The number of nitrogens with zero attached hydrogens (tertiary/aromatic N) is 2. The average Bonchev–Trinajstić information content (AvgIpc) is 3.48. The van der Waals surface area contributed by atoms with Gasteiger partial charge in [0, 0.05) is 22.1 Å². The van der Waals surface area contributed by atoms with Gasteiger partial charge in [0.1, 0.15) is 0 Å². The van der Waals surface area contributed by atoms with E-state index in [1.165, 1.54) is 55.6 Å². The molecule has 36 heavy (non-hydrogen) atoms. The maximum atomic E-state index is 5.17. The summed E-state index contributed by atoms with van der Waals surface area (Å²) in [5.74, 6) is 0. The Kier molecular flexibility index (Phi) is 6.23. The first-order chi connectivity index (χ1) is 17.2. The minimum absolute atomic E-state index is 1.01. The number of hydrogen-bond donors (Lipinski definition) is 2. The summed E-state index contributed by atoms with van der Waals surface area (Å²) >= 11 is 0. The van der Waals surface area contributed by atoms with Crippen LogP contribution in [0.25, 0.3) is 44.4 Å². The Labute approximate surface area is 214 Å². The van der Waals surface area contributed by atoms with E-state index >= 15 is 0 Å². The van der Waals surface area contributed by atoms with Gasteiger partial charge in [-0.25, -0.2) is 9.97 Å². The van der Waals surface area contributed by atoms with Crippen LogP contribution in [0.1, 0.15) is 98.9 Å². The van der Waals surface area contributed by atoms with E-state index in [0.29, 0.717) is 0 Å². The molecule has 4 nitrogen and oxygen atoms in total. The Bertz CT molecular complexity index is 1600. The van der Waals surface area contributed by atoms with Gasteiger partial charge in [0.25, 0.3) is 0 Å². The Morgan fingerprint density at radius 3 is 1.69 bits per heavy atom. The van der Waals surface area contributed by atoms with Crippen LogP contribution in [0.3, 0.4) is 0 Å². The highest BCUT2D eigenvalue weighted by molar-refractivity contribution is 5.95. The van der Waals surface area contributed by atoms with Gasteiger partial charge in [0.05, 0.1) is 22.8 Å². The molecule has 0 amide bonds. The zero-order chi connectivity index (χ0) is 25.7. The van der Waals surface area contributed by atoms with Crippen LogP contribution in [-0.4, -0.2) is 19.9 Å². The average molecular weight is 480 g/mol. The van der Waals surface area contributed by atoms with Gasteiger partial charge >= 0.3 is 0 Å². The van der Waals surface area contributed by atoms with Crippen LogP contribution in [0.15, 0.2) is 24.3 Å². The third-order valence-electron chi connectivity index (χ3n) is 8.17. The largest absolute Gasteiger partial charge is 0.355 e. The van der Waals surface area contributed by atoms with E-state index in [-0.39, 0.29) is 0 Å². The van der Waals surface area contributed by atoms with Crippen molar-refractivity contribution < 1.29 is 0 Å². The number of aryl methyl sites for hydroxylation is 4. The van der Waals surface area contributed by atoms with Crippen molar-refractivity contribution in [1.29, 1.82) is 0 Å². The smallest absolute Gasteiger partial charge is 0.0693 e. The minimum Gasteiger partial charge on any atom is -0.355 e. The molecule has 0 fully saturated rings. The lowest BCUT2D eigenvalue weighted by atomic mass is 10.0. The molecule has 0 aliphatic carbocycles. The highest BCUT2D eigenvalue weighted by Gasteiger charge is 2.19. The van der Waals surface area contributed by atoms with Gasteiger partial charge in [-0.05, 0) is 123 Å². The summed E-state index contributed by atoms with van der Waals surface area (Å²) in [6.07, 6.45) is 4.27. The van der Waals surface area contributed by atoms with E-state index in [9.17, 15) is 0 Å². The van der Waals surface area contributed by atoms with Crippen molar-refractivity contribution in [2.24, 2.45) is 0 Å². The molecule has 2 aliphatic rings. The first kappa shape index (κ1) is 24.3. The van der Waals surface area contributed by atoms with Crippen LogP contribution < -0.4 is 0 Å². The topological polar surface area (TPSA) is 57.4 Å². The highest BCUT2D eigenvalue weighted by Crippen LogP contribution is 2.36. The minimum atomic E-state index is 1.01. The lowest BCUT2D eigenvalue weighted by molar-refractivity contribution is 0.924. The standard InChI is InChI=1S/C32H38N4/c1-9-11-23-21(7)29-14-27-19(5)17(3)25(33-27)13-26-18(4)20(6)28(34-26)15-30-22(8)24(12-10-2)32(36-30)16-31(23)35-29/h13-16,33,35H,9-12H2,1-8H3/i13+1. The summed E-state index contributed by atoms with van der Waals surface area (Å²) in [5, 5.41) is 0. The summed E-state index contributed by atoms with van der Waals surface area (Å²) in [6.45, 7) is 17.7. The Balaban J connectivity index is 1.97. The molecule has 0 atom stereocenters. The number of allylic oxidation sites excluding steroid dienone is 4. The molecule has 0 saturated heterocycles. The summed E-state index contributed by atoms with van der Waals surface area (Å²) in [6, 6.07) is 8.94. The predicted octanol–water partition coefficient (Wildman–Crippen LogP) is 8.87. The molecule has 0 unspecified atom stereocenters. The fourth-order valence-corrected chi connectivity index (χ4v) is 5.51. The highest BCUT2D eigenvalue weighted by atomic mass is 14.8. The van der Waals surface area contributed by atoms with Crippen molar-refractivity contribution in [3.8, 4) is 0 Å². The molecule has 0 radical (unpaired) electrons. The number of H-pyrrole nitrogens is 2. The SMILES string of the molecule is CCCC1=C(C)c2cc3nc([13cH]c4[nH]c(cc5[nH]c(cc1n2)c(CCC)c5C)c(C)c4C)C(C)=C3C. The number of rotatable bonds is 4. The molecule has 2 N–H and O–H groups in total. The van der Waals surface area contributed by atoms with E-state index in [1.54, 1.807) is 0 Å². The molecule has 3 aromatic heterocycles. The quantitative estimate of drug-likeness (QED) is 0.392. The summed E-state index contributed by atoms with van der Waals surface area (Å²) in [5.41, 5.74) is 19.1. The number of aromatic amines is 2. The number of fused-ring (bicyclic) bond motifs is 8. The molecular weight excluding hydrogens is 441 g/mol. The lowest BCUT2D eigenvalue weighted by Crippen LogP contribution is -1.86. The van der Waals surface area contributed by atoms with Crippen molar-refractivity contribution >= 4 is 44.4 Å². The number of hydrogen-bond acceptors (Lipinski definition) is 2. The zero-order valence-corrected chi connectivity index (χ0v) is 23.0. The molecule has 0 aromatic carbocycles. The molecule has 2 aliphatic heterocycles. The lowest BCUT2D eigenvalue weighted by Gasteiger charge is -2.02. The van der Waals surface area contributed by atoms with Gasteiger partial charge in [-0.2, -0.15) is 0 Å². The summed E-state index contributed by atoms with van der Waals surface area (Å²) in [4.78, 5) is 17.7. The fourth-order valence-electron chi connectivity index (χ4n) is 5.51. The van der Waals surface area contributed by atoms with Crippen LogP contribution in [0.2, 0.25) is 0 Å². The molecule has 0 spiro atoms. The molecular formula is C32H38N4. The molecule has 5 heterocycles. The molecule has 8 bridgehead atoms. The molecule has 5 rings (SSSR count). The van der Waals surface area contributed by atoms with Crippen LogP contribution in [-0.2, 0) is 6.42 Å². The molecule has 3 aromatic rings. The molecule has 4 heteroatoms. The van der Waals surface area contributed by atoms with Crippen molar-refractivity contribution in [1.82, 2.24) is 19.9 Å². The Morgan fingerprint density at radius 1 is 0.528 bits per heavy atom. The van der Waals surface area contributed by atoms with E-state index in [0.717, 1.165) is 59.5 Å². The van der Waals surface area contributed by atoms with E-state index in [1.807, 2.05) is 0 Å². The van der Waals surface area contributed by atoms with Crippen LogP contribution >= 0.6 is 0 Å². The second-order valence-corrected chi connectivity index (χ2v) is 10.5. The summed E-state index contributed by atoms with van der Waals surface area (Å²) < 4.78 is 0. The van der Waals surface area contributed by atoms with Crippen LogP contribution in [0.5, 0.6) is 0 Å².